The number of hydrogen-bond acceptors (Lipinski definition) is 7. The van der Waals surface area contributed by atoms with Crippen molar-refractivity contribution >= 4 is 46.4 Å². The molecule has 0 radical (unpaired) electrons. The second-order valence-corrected chi connectivity index (χ2v) is 9.18. The van der Waals surface area contributed by atoms with Crippen molar-refractivity contribution in [3.63, 3.8) is 0 Å². The van der Waals surface area contributed by atoms with E-state index in [4.69, 9.17) is 9.88 Å². The van der Waals surface area contributed by atoms with Gasteiger partial charge in [0.25, 0.3) is 0 Å². The summed E-state index contributed by atoms with van der Waals surface area (Å²) in [5.74, 6) is 0.0825. The number of aliphatic imine (C=N–C) groups is 1. The molecule has 0 aromatic heterocycles. The number of carbonyl (C=O) groups excluding carboxylic acids is 2. The maximum atomic E-state index is 13.2. The molecule has 0 aliphatic heterocycles. The van der Waals surface area contributed by atoms with Crippen LogP contribution in [0, 0.1) is 0 Å². The highest BCUT2D eigenvalue weighted by Crippen LogP contribution is 2.26. The molecule has 0 saturated heterocycles. The van der Waals surface area contributed by atoms with Crippen LogP contribution in [0.25, 0.3) is 16.5 Å². The zero-order valence-corrected chi connectivity index (χ0v) is 22.6. The van der Waals surface area contributed by atoms with Gasteiger partial charge in [-0.2, -0.15) is 0 Å². The Kier molecular flexibility index (Phi) is 11.8. The molecule has 0 aliphatic carbocycles. The SMILES string of the molecule is C/C=C(\N=C(C)NC(=O)C(CCCCNSN)NC(=O)OCc1ccccc1)c1cccc2ccccc12. The predicted molar refractivity (Wildman–Crippen MR) is 156 cm³/mol. The molecule has 0 bridgehead atoms. The van der Waals surface area contributed by atoms with Crippen LogP contribution in [-0.4, -0.2) is 30.4 Å². The number of alkyl carbamates (subject to hydrolysis) is 1. The Morgan fingerprint density at radius 2 is 1.76 bits per heavy atom. The van der Waals surface area contributed by atoms with E-state index in [0.717, 1.165) is 46.2 Å². The number of hydrogen-bond donors (Lipinski definition) is 4. The Morgan fingerprint density at radius 3 is 2.53 bits per heavy atom. The normalized spacial score (nSPS) is 12.7. The molecule has 2 amide bonds. The summed E-state index contributed by atoms with van der Waals surface area (Å²) in [6.07, 6.45) is 3.21. The standard InChI is InChI=1S/C29H35N5O3S/c1-3-26(25-17-11-15-23-14-7-8-16-24(23)25)32-21(2)33-28(35)27(18-9-10-19-31-38-30)34-29(36)37-20-22-12-5-4-6-13-22/h3-8,11-17,27,31H,9-10,18-20,30H2,1-2H3,(H,34,36)(H,32,33,35)/b26-3-. The number of amidine groups is 1. The van der Waals surface area contributed by atoms with Crippen molar-refractivity contribution in [2.45, 2.75) is 45.8 Å². The molecule has 0 heterocycles. The van der Waals surface area contributed by atoms with Crippen LogP contribution in [0.5, 0.6) is 0 Å². The van der Waals surface area contributed by atoms with Gasteiger partial charge < -0.3 is 15.4 Å². The lowest BCUT2D eigenvalue weighted by molar-refractivity contribution is -0.121. The molecule has 3 aromatic rings. The van der Waals surface area contributed by atoms with E-state index in [2.05, 4.69) is 38.5 Å². The molecule has 38 heavy (non-hydrogen) atoms. The number of allylic oxidation sites excluding steroid dienone is 1. The fourth-order valence-corrected chi connectivity index (χ4v) is 4.25. The van der Waals surface area contributed by atoms with E-state index in [9.17, 15) is 9.59 Å². The van der Waals surface area contributed by atoms with Gasteiger partial charge >= 0.3 is 6.09 Å². The van der Waals surface area contributed by atoms with Gasteiger partial charge in [-0.05, 0) is 49.4 Å². The largest absolute Gasteiger partial charge is 0.445 e. The number of unbranched alkanes of at least 4 members (excludes halogenated alkanes) is 1. The zero-order valence-electron chi connectivity index (χ0n) is 21.8. The molecule has 3 aromatic carbocycles. The Hall–Kier alpha value is -3.66. The molecular weight excluding hydrogens is 498 g/mol. The summed E-state index contributed by atoms with van der Waals surface area (Å²) in [6, 6.07) is 22.8. The van der Waals surface area contributed by atoms with E-state index in [0.29, 0.717) is 25.2 Å². The highest BCUT2D eigenvalue weighted by molar-refractivity contribution is 7.95. The minimum atomic E-state index is -0.777. The van der Waals surface area contributed by atoms with Crippen molar-refractivity contribution in [1.29, 1.82) is 0 Å². The van der Waals surface area contributed by atoms with Crippen molar-refractivity contribution in [2.75, 3.05) is 6.54 Å². The van der Waals surface area contributed by atoms with Gasteiger partial charge in [-0.1, -0.05) is 78.9 Å². The summed E-state index contributed by atoms with van der Waals surface area (Å²) >= 11 is 1.06. The van der Waals surface area contributed by atoms with Crippen LogP contribution in [0.4, 0.5) is 4.79 Å². The topological polar surface area (TPSA) is 118 Å². The minimum Gasteiger partial charge on any atom is -0.445 e. The zero-order chi connectivity index (χ0) is 27.2. The van der Waals surface area contributed by atoms with Gasteiger partial charge in [0.1, 0.15) is 18.5 Å². The van der Waals surface area contributed by atoms with E-state index in [-0.39, 0.29) is 12.5 Å². The van der Waals surface area contributed by atoms with Gasteiger partial charge in [0.2, 0.25) is 5.91 Å². The first kappa shape index (κ1) is 28.9. The number of nitrogens with one attached hydrogen (secondary N) is 3. The number of nitrogens with zero attached hydrogens (tertiary/aromatic N) is 1. The summed E-state index contributed by atoms with van der Waals surface area (Å²) in [5.41, 5.74) is 2.59. The number of benzene rings is 3. The first-order valence-corrected chi connectivity index (χ1v) is 13.5. The number of fused-ring (bicyclic) bond motifs is 1. The van der Waals surface area contributed by atoms with Crippen LogP contribution in [0.15, 0.2) is 83.9 Å². The number of carbonyl (C=O) groups is 2. The fraction of sp³-hybridized carbons (Fsp3) is 0.276. The highest BCUT2D eigenvalue weighted by atomic mass is 32.2. The lowest BCUT2D eigenvalue weighted by Gasteiger charge is -2.18. The number of ether oxygens (including phenoxy) is 1. The molecule has 8 nitrogen and oxygen atoms in total. The van der Waals surface area contributed by atoms with Gasteiger partial charge in [-0.3, -0.25) is 14.7 Å². The Balaban J connectivity index is 1.67. The lowest BCUT2D eigenvalue weighted by Crippen LogP contribution is -2.48. The van der Waals surface area contributed by atoms with Crippen molar-refractivity contribution < 1.29 is 14.3 Å². The molecule has 200 valence electrons. The number of amides is 2. The molecule has 0 spiro atoms. The summed E-state index contributed by atoms with van der Waals surface area (Å²) in [6.45, 7) is 4.47. The second kappa shape index (κ2) is 15.6. The third kappa shape index (κ3) is 9.02. The second-order valence-electron chi connectivity index (χ2n) is 8.65. The summed E-state index contributed by atoms with van der Waals surface area (Å²) in [7, 11) is 0. The van der Waals surface area contributed by atoms with Crippen molar-refractivity contribution in [3.8, 4) is 0 Å². The van der Waals surface area contributed by atoms with E-state index >= 15 is 0 Å². The van der Waals surface area contributed by atoms with Crippen LogP contribution < -0.4 is 20.5 Å². The van der Waals surface area contributed by atoms with Crippen molar-refractivity contribution in [3.05, 3.63) is 90.0 Å². The van der Waals surface area contributed by atoms with Gasteiger partial charge in [0.05, 0.1) is 5.70 Å². The highest BCUT2D eigenvalue weighted by Gasteiger charge is 2.22. The Labute approximate surface area is 228 Å². The maximum Gasteiger partial charge on any atom is 0.408 e. The molecule has 1 unspecified atom stereocenters. The van der Waals surface area contributed by atoms with Crippen LogP contribution in [-0.2, 0) is 16.1 Å². The summed E-state index contributed by atoms with van der Waals surface area (Å²) in [5, 5.41) is 13.2. The monoisotopic (exact) mass is 533 g/mol. The Bertz CT molecular complexity index is 1260. The Morgan fingerprint density at radius 1 is 1.03 bits per heavy atom. The molecule has 0 aliphatic rings. The third-order valence-electron chi connectivity index (χ3n) is 5.86. The average molecular weight is 534 g/mol. The quantitative estimate of drug-likeness (QED) is 0.108. The molecule has 5 N–H and O–H groups in total. The van der Waals surface area contributed by atoms with Crippen LogP contribution in [0.1, 0.15) is 44.2 Å². The van der Waals surface area contributed by atoms with E-state index in [1.165, 1.54) is 0 Å². The summed E-state index contributed by atoms with van der Waals surface area (Å²) in [4.78, 5) is 30.4. The molecular formula is C29H35N5O3S. The van der Waals surface area contributed by atoms with Crippen LogP contribution >= 0.6 is 12.1 Å². The van der Waals surface area contributed by atoms with Crippen molar-refractivity contribution in [1.82, 2.24) is 15.4 Å². The van der Waals surface area contributed by atoms with E-state index in [1.54, 1.807) is 6.92 Å². The van der Waals surface area contributed by atoms with Gasteiger partial charge in [0.15, 0.2) is 0 Å². The van der Waals surface area contributed by atoms with E-state index < -0.39 is 12.1 Å². The first-order valence-electron chi connectivity index (χ1n) is 12.6. The van der Waals surface area contributed by atoms with Gasteiger partial charge in [-0.15, -0.1) is 0 Å². The third-order valence-corrected chi connectivity index (χ3v) is 6.23. The fourth-order valence-electron chi connectivity index (χ4n) is 3.98. The molecule has 0 fully saturated rings. The predicted octanol–water partition coefficient (Wildman–Crippen LogP) is 5.31. The van der Waals surface area contributed by atoms with Gasteiger partial charge in [0, 0.05) is 24.2 Å². The first-order chi connectivity index (χ1) is 18.5. The van der Waals surface area contributed by atoms with Crippen molar-refractivity contribution in [2.24, 2.45) is 10.1 Å². The molecule has 3 rings (SSSR count). The molecule has 0 saturated carbocycles. The maximum absolute atomic E-state index is 13.2. The van der Waals surface area contributed by atoms with Crippen LogP contribution in [0.2, 0.25) is 0 Å². The minimum absolute atomic E-state index is 0.120. The average Bonchev–Trinajstić information content (AvgIpc) is 2.94. The smallest absolute Gasteiger partial charge is 0.408 e. The summed E-state index contributed by atoms with van der Waals surface area (Å²) < 4.78 is 8.31. The molecule has 9 heteroatoms. The van der Waals surface area contributed by atoms with E-state index in [1.807, 2.05) is 67.6 Å². The molecule has 1 atom stereocenters. The van der Waals surface area contributed by atoms with Crippen LogP contribution in [0.3, 0.4) is 0 Å². The van der Waals surface area contributed by atoms with Gasteiger partial charge in [-0.25, -0.2) is 9.79 Å². The number of rotatable bonds is 12. The number of nitrogens with two attached hydrogens (primary N) is 1. The lowest BCUT2D eigenvalue weighted by atomic mass is 10.0.